The van der Waals surface area contributed by atoms with E-state index in [1.807, 2.05) is 0 Å². The quantitative estimate of drug-likeness (QED) is 0.315. The first-order valence-corrected chi connectivity index (χ1v) is 9.62. The van der Waals surface area contributed by atoms with Crippen molar-refractivity contribution < 1.29 is 31.8 Å². The fraction of sp³-hybridized carbons (Fsp3) is 0.409. The lowest BCUT2D eigenvalue weighted by molar-refractivity contribution is -0.274. The molecule has 2 aromatic rings. The van der Waals surface area contributed by atoms with Crippen LogP contribution < -0.4 is 9.47 Å². The van der Waals surface area contributed by atoms with Crippen LogP contribution in [-0.4, -0.2) is 12.3 Å². The maximum atomic E-state index is 14.5. The van der Waals surface area contributed by atoms with Crippen LogP contribution in [0, 0.1) is 11.7 Å². The molecular weight excluding hydrogens is 388 g/mol. The molecule has 2 aromatic carbocycles. The Bertz CT molecular complexity index is 838. The van der Waals surface area contributed by atoms with Crippen molar-refractivity contribution in [3.8, 4) is 11.5 Å². The number of esters is 1. The van der Waals surface area contributed by atoms with Crippen LogP contribution >= 0.6 is 0 Å². The summed E-state index contributed by atoms with van der Waals surface area (Å²) in [5.41, 5.74) is 0.881. The lowest BCUT2D eigenvalue weighted by atomic mass is 9.78. The minimum Gasteiger partial charge on any atom is -0.420 e. The normalized spacial score (nSPS) is 19.6. The summed E-state index contributed by atoms with van der Waals surface area (Å²) >= 11 is 0. The van der Waals surface area contributed by atoms with E-state index in [-0.39, 0.29) is 11.3 Å². The summed E-state index contributed by atoms with van der Waals surface area (Å²) in [5.74, 6) is -1.12. The molecule has 0 unspecified atom stereocenters. The summed E-state index contributed by atoms with van der Waals surface area (Å²) in [6.07, 6.45) is 0.649. The number of rotatable bonds is 5. The summed E-state index contributed by atoms with van der Waals surface area (Å²) in [4.78, 5) is 12.2. The van der Waals surface area contributed by atoms with Gasteiger partial charge in [-0.3, -0.25) is 0 Å². The maximum Gasteiger partial charge on any atom is 0.573 e. The van der Waals surface area contributed by atoms with Crippen molar-refractivity contribution in [3.05, 3.63) is 59.4 Å². The Kier molecular flexibility index (Phi) is 6.45. The van der Waals surface area contributed by atoms with Gasteiger partial charge < -0.3 is 9.47 Å². The highest BCUT2D eigenvalue weighted by Gasteiger charge is 2.31. The van der Waals surface area contributed by atoms with E-state index >= 15 is 0 Å². The predicted molar refractivity (Wildman–Crippen MR) is 99.5 cm³/mol. The Morgan fingerprint density at radius 1 is 1.03 bits per heavy atom. The number of benzene rings is 2. The van der Waals surface area contributed by atoms with Gasteiger partial charge in [0.25, 0.3) is 0 Å². The number of hydrogen-bond donors (Lipinski definition) is 0. The molecule has 7 heteroatoms. The number of alkyl halides is 3. The zero-order valence-electron chi connectivity index (χ0n) is 16.0. The molecule has 0 amide bonds. The van der Waals surface area contributed by atoms with Crippen LogP contribution in [0.15, 0.2) is 42.5 Å². The van der Waals surface area contributed by atoms with Gasteiger partial charge in [-0.25, -0.2) is 9.18 Å². The zero-order valence-corrected chi connectivity index (χ0v) is 16.0. The minimum atomic E-state index is -4.82. The fourth-order valence-corrected chi connectivity index (χ4v) is 3.71. The lowest BCUT2D eigenvalue weighted by Crippen LogP contribution is -2.17. The Morgan fingerprint density at radius 2 is 1.69 bits per heavy atom. The molecule has 0 bridgehead atoms. The molecule has 156 valence electrons. The average molecular weight is 410 g/mol. The third-order valence-electron chi connectivity index (χ3n) is 5.38. The number of carbonyl (C=O) groups excluding carboxylic acids is 1. The van der Waals surface area contributed by atoms with Gasteiger partial charge in [0.1, 0.15) is 5.75 Å². The SMILES string of the molecule is CCC1CCC(c2ccc(OC(=O)c3ccc(OC(F)(F)F)cc3)c(F)c2)CC1. The van der Waals surface area contributed by atoms with Crippen molar-refractivity contribution in [1.82, 2.24) is 0 Å². The third-order valence-corrected chi connectivity index (χ3v) is 5.38. The smallest absolute Gasteiger partial charge is 0.420 e. The van der Waals surface area contributed by atoms with Gasteiger partial charge in [-0.1, -0.05) is 19.4 Å². The van der Waals surface area contributed by atoms with Crippen LogP contribution in [0.5, 0.6) is 11.5 Å². The lowest BCUT2D eigenvalue weighted by Gasteiger charge is -2.28. The van der Waals surface area contributed by atoms with Gasteiger partial charge in [0.15, 0.2) is 11.6 Å². The van der Waals surface area contributed by atoms with E-state index in [4.69, 9.17) is 4.74 Å². The summed E-state index contributed by atoms with van der Waals surface area (Å²) in [7, 11) is 0. The highest BCUT2D eigenvalue weighted by molar-refractivity contribution is 5.91. The van der Waals surface area contributed by atoms with Crippen molar-refractivity contribution >= 4 is 5.97 Å². The van der Waals surface area contributed by atoms with Gasteiger partial charge in [0.2, 0.25) is 0 Å². The van der Waals surface area contributed by atoms with E-state index in [9.17, 15) is 22.4 Å². The highest BCUT2D eigenvalue weighted by atomic mass is 19.4. The molecule has 29 heavy (non-hydrogen) atoms. The van der Waals surface area contributed by atoms with E-state index in [0.29, 0.717) is 5.92 Å². The van der Waals surface area contributed by atoms with Crippen LogP contribution in [0.1, 0.15) is 60.9 Å². The molecule has 0 heterocycles. The van der Waals surface area contributed by atoms with Gasteiger partial charge in [-0.05, 0) is 79.5 Å². The molecule has 0 radical (unpaired) electrons. The maximum absolute atomic E-state index is 14.5. The molecular formula is C22H22F4O3. The van der Waals surface area contributed by atoms with Gasteiger partial charge in [0.05, 0.1) is 5.56 Å². The molecule has 0 N–H and O–H groups in total. The molecule has 0 saturated heterocycles. The average Bonchev–Trinajstić information content (AvgIpc) is 2.69. The van der Waals surface area contributed by atoms with Gasteiger partial charge in [-0.15, -0.1) is 13.2 Å². The molecule has 1 aliphatic rings. The molecule has 1 saturated carbocycles. The Balaban J connectivity index is 1.63. The first kappa shape index (κ1) is 21.1. The Hall–Kier alpha value is -2.57. The first-order valence-electron chi connectivity index (χ1n) is 9.62. The Morgan fingerprint density at radius 3 is 2.24 bits per heavy atom. The van der Waals surface area contributed by atoms with Crippen LogP contribution in [0.4, 0.5) is 17.6 Å². The van der Waals surface area contributed by atoms with Crippen molar-refractivity contribution in [1.29, 1.82) is 0 Å². The first-order chi connectivity index (χ1) is 13.7. The van der Waals surface area contributed by atoms with Crippen LogP contribution in [0.25, 0.3) is 0 Å². The second kappa shape index (κ2) is 8.84. The topological polar surface area (TPSA) is 35.5 Å². The summed E-state index contributed by atoms with van der Waals surface area (Å²) in [5, 5.41) is 0. The van der Waals surface area contributed by atoms with Crippen molar-refractivity contribution in [2.75, 3.05) is 0 Å². The molecule has 0 atom stereocenters. The molecule has 3 nitrogen and oxygen atoms in total. The van der Waals surface area contributed by atoms with Gasteiger partial charge in [-0.2, -0.15) is 0 Å². The summed E-state index contributed by atoms with van der Waals surface area (Å²) < 4.78 is 59.8. The number of hydrogen-bond acceptors (Lipinski definition) is 3. The van der Waals surface area contributed by atoms with Crippen molar-refractivity contribution in [3.63, 3.8) is 0 Å². The number of carbonyl (C=O) groups is 1. The summed E-state index contributed by atoms with van der Waals surface area (Å²) in [6, 6.07) is 8.84. The zero-order chi connectivity index (χ0) is 21.0. The molecule has 1 aliphatic carbocycles. The van der Waals surface area contributed by atoms with E-state index in [0.717, 1.165) is 61.4 Å². The van der Waals surface area contributed by atoms with Gasteiger partial charge in [0, 0.05) is 0 Å². The van der Waals surface area contributed by atoms with Gasteiger partial charge >= 0.3 is 12.3 Å². The number of halogens is 4. The van der Waals surface area contributed by atoms with Crippen molar-refractivity contribution in [2.45, 2.75) is 51.3 Å². The van der Waals surface area contributed by atoms with Crippen LogP contribution in [-0.2, 0) is 0 Å². The molecule has 0 aromatic heterocycles. The fourth-order valence-electron chi connectivity index (χ4n) is 3.71. The predicted octanol–water partition coefficient (Wildman–Crippen LogP) is 6.63. The standard InChI is InChI=1S/C22H22F4O3/c1-2-14-3-5-15(6-4-14)17-9-12-20(19(23)13-17)28-21(27)16-7-10-18(11-8-16)29-22(24,25)26/h7-15H,2-6H2,1H3. The highest BCUT2D eigenvalue weighted by Crippen LogP contribution is 2.38. The molecule has 1 fully saturated rings. The number of ether oxygens (including phenoxy) is 2. The Labute approximate surface area is 166 Å². The van der Waals surface area contributed by atoms with Crippen LogP contribution in [0.3, 0.4) is 0 Å². The monoisotopic (exact) mass is 410 g/mol. The van der Waals surface area contributed by atoms with Crippen LogP contribution in [0.2, 0.25) is 0 Å². The molecule has 0 spiro atoms. The van der Waals surface area contributed by atoms with Crippen molar-refractivity contribution in [2.24, 2.45) is 5.92 Å². The molecule has 3 rings (SSSR count). The largest absolute Gasteiger partial charge is 0.573 e. The minimum absolute atomic E-state index is 0.0131. The third kappa shape index (κ3) is 5.71. The van der Waals surface area contributed by atoms with E-state index in [1.54, 1.807) is 6.07 Å². The van der Waals surface area contributed by atoms with E-state index in [2.05, 4.69) is 11.7 Å². The second-order valence-corrected chi connectivity index (χ2v) is 7.28. The van der Waals surface area contributed by atoms with E-state index in [1.165, 1.54) is 18.6 Å². The second-order valence-electron chi connectivity index (χ2n) is 7.28. The molecule has 0 aliphatic heterocycles. The summed E-state index contributed by atoms with van der Waals surface area (Å²) in [6.45, 7) is 2.19. The van der Waals surface area contributed by atoms with E-state index < -0.39 is 23.9 Å².